The van der Waals surface area contributed by atoms with Crippen LogP contribution >= 0.6 is 0 Å². The summed E-state index contributed by atoms with van der Waals surface area (Å²) in [6, 6.07) is 2.37. The van der Waals surface area contributed by atoms with Crippen LogP contribution in [0.2, 0.25) is 0 Å². The summed E-state index contributed by atoms with van der Waals surface area (Å²) in [5.74, 6) is 1.26. The van der Waals surface area contributed by atoms with E-state index in [1.807, 2.05) is 6.92 Å². The van der Waals surface area contributed by atoms with Gasteiger partial charge in [-0.3, -0.25) is 0 Å². The number of hydrogen-bond acceptors (Lipinski definition) is 1. The van der Waals surface area contributed by atoms with E-state index in [1.165, 1.54) is 0 Å². The van der Waals surface area contributed by atoms with Crippen LogP contribution in [0.3, 0.4) is 0 Å². The lowest BCUT2D eigenvalue weighted by Gasteiger charge is -2.40. The fourth-order valence-electron chi connectivity index (χ4n) is 1.81. The topological polar surface area (TPSA) is 23.8 Å². The molecule has 0 aromatic carbocycles. The molecule has 1 heteroatoms. The smallest absolute Gasteiger partial charge is 0.0658 e. The molecular weight excluding hydrogens is 146 g/mol. The first-order valence-corrected chi connectivity index (χ1v) is 4.77. The van der Waals surface area contributed by atoms with Gasteiger partial charge in [0.1, 0.15) is 0 Å². The minimum absolute atomic E-state index is 0.137. The third-order valence-electron chi connectivity index (χ3n) is 3.61. The van der Waals surface area contributed by atoms with E-state index >= 15 is 0 Å². The molecule has 0 amide bonds. The minimum Gasteiger partial charge on any atom is -0.198 e. The van der Waals surface area contributed by atoms with Crippen LogP contribution in [0.25, 0.3) is 0 Å². The van der Waals surface area contributed by atoms with Crippen LogP contribution in [-0.2, 0) is 0 Å². The van der Waals surface area contributed by atoms with Gasteiger partial charge in [-0.25, -0.2) is 0 Å². The monoisotopic (exact) mass is 167 g/mol. The summed E-state index contributed by atoms with van der Waals surface area (Å²) in [7, 11) is 0. The van der Waals surface area contributed by atoms with Crippen LogP contribution in [0, 0.1) is 34.5 Å². The van der Waals surface area contributed by atoms with Gasteiger partial charge >= 0.3 is 0 Å². The molecule has 0 aromatic heterocycles. The highest BCUT2D eigenvalue weighted by molar-refractivity contribution is 4.96. The maximum Gasteiger partial charge on any atom is 0.0658 e. The summed E-state index contributed by atoms with van der Waals surface area (Å²) in [5, 5.41) is 8.92. The Morgan fingerprint density at radius 3 is 1.42 bits per heavy atom. The molecular formula is C11H21N. The van der Waals surface area contributed by atoms with Crippen molar-refractivity contribution in [3.63, 3.8) is 0 Å². The maximum atomic E-state index is 8.92. The van der Waals surface area contributed by atoms with E-state index in [0.717, 1.165) is 0 Å². The molecule has 0 rings (SSSR count). The number of nitrogens with zero attached hydrogens (tertiary/aromatic N) is 1. The van der Waals surface area contributed by atoms with E-state index in [9.17, 15) is 0 Å². The number of hydrogen-bond donors (Lipinski definition) is 0. The SMILES string of the molecule is CC(C)C(C)(C(C)C)[C@H](C)C#N. The molecule has 0 saturated heterocycles. The first-order chi connectivity index (χ1) is 5.37. The molecule has 0 aliphatic rings. The Bertz CT molecular complexity index is 166. The molecule has 1 nitrogen and oxygen atoms in total. The molecule has 0 aliphatic carbocycles. The zero-order chi connectivity index (χ0) is 9.94. The van der Waals surface area contributed by atoms with Crippen LogP contribution in [0.5, 0.6) is 0 Å². The molecule has 0 aromatic rings. The summed E-state index contributed by atoms with van der Waals surface area (Å²) in [5.41, 5.74) is 0.148. The van der Waals surface area contributed by atoms with Crippen LogP contribution in [0.15, 0.2) is 0 Å². The first kappa shape index (κ1) is 11.5. The van der Waals surface area contributed by atoms with Gasteiger partial charge < -0.3 is 0 Å². The highest BCUT2D eigenvalue weighted by Gasteiger charge is 2.37. The van der Waals surface area contributed by atoms with Gasteiger partial charge in [0.05, 0.1) is 6.07 Å². The Balaban J connectivity index is 4.77. The van der Waals surface area contributed by atoms with Crippen molar-refractivity contribution in [2.75, 3.05) is 0 Å². The minimum atomic E-state index is 0.137. The number of rotatable bonds is 3. The highest BCUT2D eigenvalue weighted by Crippen LogP contribution is 2.41. The molecule has 0 spiro atoms. The second-order valence-corrected chi connectivity index (χ2v) is 4.53. The van der Waals surface area contributed by atoms with Crippen LogP contribution in [-0.4, -0.2) is 0 Å². The fraction of sp³-hybridized carbons (Fsp3) is 0.909. The van der Waals surface area contributed by atoms with E-state index in [0.29, 0.717) is 11.8 Å². The standard InChI is InChI=1S/C11H21N/c1-8(2)11(6,9(3)4)10(5)7-12/h8-10H,1-6H3/t10-/m1/s1. The molecule has 12 heavy (non-hydrogen) atoms. The first-order valence-electron chi connectivity index (χ1n) is 4.77. The molecule has 1 atom stereocenters. The summed E-state index contributed by atoms with van der Waals surface area (Å²) < 4.78 is 0. The van der Waals surface area contributed by atoms with Gasteiger partial charge in [-0.1, -0.05) is 34.6 Å². The average molecular weight is 167 g/mol. The van der Waals surface area contributed by atoms with Gasteiger partial charge in [0.15, 0.2) is 0 Å². The Kier molecular flexibility index (Phi) is 3.77. The summed E-state index contributed by atoms with van der Waals surface area (Å²) in [6.07, 6.45) is 0. The van der Waals surface area contributed by atoms with Crippen LogP contribution < -0.4 is 0 Å². The Morgan fingerprint density at radius 1 is 1.00 bits per heavy atom. The Morgan fingerprint density at radius 2 is 1.33 bits per heavy atom. The van der Waals surface area contributed by atoms with E-state index in [1.54, 1.807) is 0 Å². The van der Waals surface area contributed by atoms with E-state index < -0.39 is 0 Å². The summed E-state index contributed by atoms with van der Waals surface area (Å²) in [6.45, 7) is 13.1. The predicted octanol–water partition coefficient (Wildman–Crippen LogP) is 3.46. The predicted molar refractivity (Wildman–Crippen MR) is 52.6 cm³/mol. The van der Waals surface area contributed by atoms with Gasteiger partial charge in [-0.2, -0.15) is 5.26 Å². The van der Waals surface area contributed by atoms with Gasteiger partial charge in [0.2, 0.25) is 0 Å². The van der Waals surface area contributed by atoms with Crippen LogP contribution in [0.4, 0.5) is 0 Å². The third-order valence-corrected chi connectivity index (χ3v) is 3.61. The third kappa shape index (κ3) is 1.80. The van der Waals surface area contributed by atoms with Gasteiger partial charge in [0, 0.05) is 5.92 Å². The van der Waals surface area contributed by atoms with Gasteiger partial charge in [-0.15, -0.1) is 0 Å². The van der Waals surface area contributed by atoms with Crippen molar-refractivity contribution in [2.45, 2.75) is 41.5 Å². The highest BCUT2D eigenvalue weighted by atomic mass is 14.4. The second-order valence-electron chi connectivity index (χ2n) is 4.53. The molecule has 70 valence electrons. The average Bonchev–Trinajstić information content (AvgIpc) is 2.00. The lowest BCUT2D eigenvalue weighted by Crippen LogP contribution is -2.35. The summed E-state index contributed by atoms with van der Waals surface area (Å²) in [4.78, 5) is 0. The molecule has 0 heterocycles. The Labute approximate surface area is 76.8 Å². The summed E-state index contributed by atoms with van der Waals surface area (Å²) >= 11 is 0. The molecule has 0 radical (unpaired) electrons. The van der Waals surface area contributed by atoms with Crippen molar-refractivity contribution in [1.29, 1.82) is 5.26 Å². The molecule has 0 saturated carbocycles. The second kappa shape index (κ2) is 3.94. The lowest BCUT2D eigenvalue weighted by molar-refractivity contribution is 0.0920. The van der Waals surface area contributed by atoms with E-state index in [-0.39, 0.29) is 11.3 Å². The van der Waals surface area contributed by atoms with Gasteiger partial charge in [-0.05, 0) is 24.2 Å². The molecule has 0 N–H and O–H groups in total. The van der Waals surface area contributed by atoms with Crippen molar-refractivity contribution in [1.82, 2.24) is 0 Å². The van der Waals surface area contributed by atoms with Crippen molar-refractivity contribution in [2.24, 2.45) is 23.2 Å². The van der Waals surface area contributed by atoms with E-state index in [2.05, 4.69) is 40.7 Å². The molecule has 0 unspecified atom stereocenters. The van der Waals surface area contributed by atoms with Crippen LogP contribution in [0.1, 0.15) is 41.5 Å². The zero-order valence-corrected chi connectivity index (χ0v) is 9.18. The van der Waals surface area contributed by atoms with Crippen molar-refractivity contribution >= 4 is 0 Å². The Hall–Kier alpha value is -0.510. The molecule has 0 bridgehead atoms. The number of nitriles is 1. The van der Waals surface area contributed by atoms with Crippen molar-refractivity contribution < 1.29 is 0 Å². The van der Waals surface area contributed by atoms with Gasteiger partial charge in [0.25, 0.3) is 0 Å². The quantitative estimate of drug-likeness (QED) is 0.631. The fourth-order valence-corrected chi connectivity index (χ4v) is 1.81. The largest absolute Gasteiger partial charge is 0.198 e. The maximum absolute atomic E-state index is 8.92. The van der Waals surface area contributed by atoms with Crippen molar-refractivity contribution in [3.8, 4) is 6.07 Å². The van der Waals surface area contributed by atoms with E-state index in [4.69, 9.17) is 5.26 Å². The van der Waals surface area contributed by atoms with Crippen molar-refractivity contribution in [3.05, 3.63) is 0 Å². The molecule has 0 fully saturated rings. The normalized spacial score (nSPS) is 14.9. The zero-order valence-electron chi connectivity index (χ0n) is 9.18. The molecule has 0 aliphatic heterocycles. The lowest BCUT2D eigenvalue weighted by atomic mass is 9.63.